The van der Waals surface area contributed by atoms with Crippen molar-refractivity contribution in [2.24, 2.45) is 0 Å². The van der Waals surface area contributed by atoms with Crippen LogP contribution >= 0.6 is 22.9 Å². The highest BCUT2D eigenvalue weighted by Gasteiger charge is 2.23. The first kappa shape index (κ1) is 24.8. The summed E-state index contributed by atoms with van der Waals surface area (Å²) in [6, 6.07) is 21.1. The molecule has 0 saturated carbocycles. The van der Waals surface area contributed by atoms with Crippen molar-refractivity contribution in [2.45, 2.75) is 11.4 Å². The van der Waals surface area contributed by atoms with Gasteiger partial charge in [0.25, 0.3) is 15.9 Å². The summed E-state index contributed by atoms with van der Waals surface area (Å²) in [5.41, 5.74) is 1.42. The zero-order chi connectivity index (χ0) is 26.0. The van der Waals surface area contributed by atoms with E-state index in [0.29, 0.717) is 32.9 Å². The van der Waals surface area contributed by atoms with E-state index < -0.39 is 10.0 Å². The van der Waals surface area contributed by atoms with E-state index in [2.05, 4.69) is 9.71 Å². The molecule has 2 heterocycles. The summed E-state index contributed by atoms with van der Waals surface area (Å²) in [6.45, 7) is 0.174. The lowest BCUT2D eigenvalue weighted by Gasteiger charge is -2.19. The number of fused-ring (bicyclic) bond motifs is 1. The quantitative estimate of drug-likeness (QED) is 0.245. The highest BCUT2D eigenvalue weighted by Crippen LogP contribution is 2.33. The van der Waals surface area contributed by atoms with Crippen LogP contribution in [0, 0.1) is 0 Å². The van der Waals surface area contributed by atoms with Crippen molar-refractivity contribution in [3.8, 4) is 5.75 Å². The van der Waals surface area contributed by atoms with Crippen LogP contribution < -0.4 is 14.4 Å². The predicted molar refractivity (Wildman–Crippen MR) is 144 cm³/mol. The molecule has 11 heteroatoms. The summed E-state index contributed by atoms with van der Waals surface area (Å²) in [4.78, 5) is 19.9. The molecule has 5 aromatic rings. The first-order chi connectivity index (χ1) is 17.8. The number of halogens is 1. The van der Waals surface area contributed by atoms with Gasteiger partial charge in [-0.25, -0.2) is 13.4 Å². The largest absolute Gasteiger partial charge is 0.497 e. The maximum atomic E-state index is 13.6. The van der Waals surface area contributed by atoms with Crippen LogP contribution in [-0.4, -0.2) is 26.4 Å². The third-order valence-corrected chi connectivity index (χ3v) is 8.15. The van der Waals surface area contributed by atoms with Crippen LogP contribution in [0.15, 0.2) is 94.4 Å². The van der Waals surface area contributed by atoms with Gasteiger partial charge < -0.3 is 9.15 Å². The van der Waals surface area contributed by atoms with E-state index in [1.54, 1.807) is 37.6 Å². The molecule has 0 bridgehead atoms. The number of nitrogens with one attached hydrogen (secondary N) is 1. The molecule has 0 spiro atoms. The third-order valence-electron chi connectivity index (χ3n) is 5.46. The van der Waals surface area contributed by atoms with Gasteiger partial charge in [-0.3, -0.25) is 14.4 Å². The van der Waals surface area contributed by atoms with Crippen molar-refractivity contribution in [1.29, 1.82) is 0 Å². The highest BCUT2D eigenvalue weighted by atomic mass is 35.5. The first-order valence-electron chi connectivity index (χ1n) is 11.0. The number of amides is 1. The van der Waals surface area contributed by atoms with E-state index in [1.165, 1.54) is 52.6 Å². The number of nitrogens with zero attached hydrogens (tertiary/aromatic N) is 2. The molecule has 0 radical (unpaired) electrons. The number of carbonyl (C=O) groups excluding carboxylic acids is 1. The maximum absolute atomic E-state index is 13.6. The van der Waals surface area contributed by atoms with Crippen molar-refractivity contribution in [1.82, 2.24) is 4.98 Å². The molecular formula is C26H20ClN3O5S2. The molecule has 188 valence electrons. The Morgan fingerprint density at radius 2 is 1.84 bits per heavy atom. The summed E-state index contributed by atoms with van der Waals surface area (Å²) in [7, 11) is -2.22. The zero-order valence-electron chi connectivity index (χ0n) is 19.4. The number of ether oxygens (including phenoxy) is 1. The average molecular weight is 554 g/mol. The smallest absolute Gasteiger partial charge is 0.261 e. The van der Waals surface area contributed by atoms with Gasteiger partial charge in [0, 0.05) is 16.3 Å². The molecule has 2 aromatic heterocycles. The van der Waals surface area contributed by atoms with Gasteiger partial charge in [-0.2, -0.15) is 0 Å². The molecule has 0 aliphatic carbocycles. The van der Waals surface area contributed by atoms with Crippen LogP contribution in [0.25, 0.3) is 10.2 Å². The number of carbonyl (C=O) groups is 1. The topological polar surface area (TPSA) is 102 Å². The lowest BCUT2D eigenvalue weighted by atomic mass is 10.2. The van der Waals surface area contributed by atoms with Crippen molar-refractivity contribution >= 4 is 59.9 Å². The van der Waals surface area contributed by atoms with Crippen LogP contribution in [0.4, 0.5) is 10.8 Å². The fourth-order valence-electron chi connectivity index (χ4n) is 3.58. The summed E-state index contributed by atoms with van der Waals surface area (Å²) in [5, 5.41) is 0.936. The van der Waals surface area contributed by atoms with Gasteiger partial charge in [0.15, 0.2) is 5.13 Å². The molecule has 0 aliphatic heterocycles. The predicted octanol–water partition coefficient (Wildman–Crippen LogP) is 6.20. The molecule has 1 N–H and O–H groups in total. The first-order valence-corrected chi connectivity index (χ1v) is 13.7. The summed E-state index contributed by atoms with van der Waals surface area (Å²) in [6.07, 6.45) is 1.54. The second kappa shape index (κ2) is 10.3. The molecule has 5 rings (SSSR count). The Bertz CT molecular complexity index is 1650. The van der Waals surface area contributed by atoms with Crippen LogP contribution in [-0.2, 0) is 16.6 Å². The maximum Gasteiger partial charge on any atom is 0.261 e. The third kappa shape index (κ3) is 5.46. The lowest BCUT2D eigenvalue weighted by Crippen LogP contribution is -2.30. The van der Waals surface area contributed by atoms with Gasteiger partial charge in [0.2, 0.25) is 0 Å². The van der Waals surface area contributed by atoms with Gasteiger partial charge in [0.05, 0.1) is 35.0 Å². The normalized spacial score (nSPS) is 11.4. The number of sulfonamides is 1. The molecule has 8 nitrogen and oxygen atoms in total. The zero-order valence-corrected chi connectivity index (χ0v) is 21.8. The minimum Gasteiger partial charge on any atom is -0.497 e. The van der Waals surface area contributed by atoms with E-state index in [-0.39, 0.29) is 17.3 Å². The summed E-state index contributed by atoms with van der Waals surface area (Å²) in [5.74, 6) is 0.982. The fourth-order valence-corrected chi connectivity index (χ4v) is 5.76. The van der Waals surface area contributed by atoms with Gasteiger partial charge in [0.1, 0.15) is 11.5 Å². The highest BCUT2D eigenvalue weighted by molar-refractivity contribution is 7.92. The van der Waals surface area contributed by atoms with Crippen molar-refractivity contribution in [2.75, 3.05) is 16.7 Å². The minimum atomic E-state index is -3.81. The van der Waals surface area contributed by atoms with Gasteiger partial charge in [-0.05, 0) is 78.9 Å². The molecule has 0 atom stereocenters. The van der Waals surface area contributed by atoms with E-state index >= 15 is 0 Å². The number of thiazole rings is 1. The number of rotatable bonds is 8. The lowest BCUT2D eigenvalue weighted by molar-refractivity contribution is 0.0983. The number of aromatic nitrogens is 1. The molecule has 0 fully saturated rings. The molecule has 1 amide bonds. The average Bonchev–Trinajstić information content (AvgIpc) is 3.56. The monoisotopic (exact) mass is 553 g/mol. The molecule has 0 aliphatic rings. The summed E-state index contributed by atoms with van der Waals surface area (Å²) < 4.78 is 39.5. The SMILES string of the molecule is COc1ccc2nc(N(Cc3ccco3)C(=O)c3ccc(NS(=O)(=O)c4ccc(Cl)cc4)cc3)sc2c1. The molecule has 0 unspecified atom stereocenters. The fraction of sp³-hybridized carbons (Fsp3) is 0.0769. The number of anilines is 2. The van der Waals surface area contributed by atoms with Gasteiger partial charge >= 0.3 is 0 Å². The Balaban J connectivity index is 1.42. The van der Waals surface area contributed by atoms with Gasteiger partial charge in [-0.15, -0.1) is 0 Å². The number of furan rings is 1. The van der Waals surface area contributed by atoms with E-state index in [0.717, 1.165) is 10.2 Å². The molecule has 37 heavy (non-hydrogen) atoms. The van der Waals surface area contributed by atoms with Crippen molar-refractivity contribution in [3.05, 3.63) is 101 Å². The molecule has 0 saturated heterocycles. The van der Waals surface area contributed by atoms with E-state index in [9.17, 15) is 13.2 Å². The van der Waals surface area contributed by atoms with E-state index in [4.69, 9.17) is 20.8 Å². The molecular weight excluding hydrogens is 534 g/mol. The van der Waals surface area contributed by atoms with Crippen LogP contribution in [0.1, 0.15) is 16.1 Å². The second-order valence-electron chi connectivity index (χ2n) is 7.94. The van der Waals surface area contributed by atoms with Crippen LogP contribution in [0.3, 0.4) is 0 Å². The summed E-state index contributed by atoms with van der Waals surface area (Å²) >= 11 is 7.21. The number of hydrogen-bond donors (Lipinski definition) is 1. The number of hydrogen-bond acceptors (Lipinski definition) is 7. The Kier molecular flexibility index (Phi) is 6.88. The number of benzene rings is 3. The van der Waals surface area contributed by atoms with Crippen LogP contribution in [0.2, 0.25) is 5.02 Å². The van der Waals surface area contributed by atoms with Gasteiger partial charge in [-0.1, -0.05) is 22.9 Å². The van der Waals surface area contributed by atoms with Crippen molar-refractivity contribution in [3.63, 3.8) is 0 Å². The van der Waals surface area contributed by atoms with E-state index in [1.807, 2.05) is 18.2 Å². The van der Waals surface area contributed by atoms with Crippen molar-refractivity contribution < 1.29 is 22.4 Å². The molecule has 3 aromatic carbocycles. The second-order valence-corrected chi connectivity index (χ2v) is 11.1. The Hall–Kier alpha value is -3.86. The van der Waals surface area contributed by atoms with Crippen LogP contribution in [0.5, 0.6) is 5.75 Å². The Morgan fingerprint density at radius 1 is 1.08 bits per heavy atom. The minimum absolute atomic E-state index is 0.0779. The number of methoxy groups -OCH3 is 1. The standard InChI is InChI=1S/C26H20ClN3O5S2/c1-34-20-10-13-23-24(15-20)36-26(28-23)30(16-21-3-2-14-35-21)25(31)17-4-8-19(9-5-17)29-37(32,33)22-11-6-18(27)7-12-22/h2-15,29H,16H2,1H3. The Labute approximate surface area is 222 Å². The Morgan fingerprint density at radius 3 is 2.51 bits per heavy atom.